The normalized spacial score (nSPS) is 43.8. The number of aliphatic hydroxyl groups excluding tert-OH is 1. The molecule has 4 fully saturated rings. The smallest absolute Gasteiger partial charge is 0.307 e. The van der Waals surface area contributed by atoms with Gasteiger partial charge in [0.2, 0.25) is 0 Å². The first-order chi connectivity index (χ1) is 23.3. The first-order valence-corrected chi connectivity index (χ1v) is 19.9. The van der Waals surface area contributed by atoms with Crippen molar-refractivity contribution in [2.75, 3.05) is 12.3 Å². The third kappa shape index (κ3) is 5.34. The molecule has 4 saturated carbocycles. The Morgan fingerprint density at radius 1 is 1.06 bits per heavy atom. The van der Waals surface area contributed by atoms with E-state index in [2.05, 4.69) is 76.9 Å². The minimum atomic E-state index is -0.660. The Kier molecular flexibility index (Phi) is 9.67. The largest absolute Gasteiger partial charge is 0.481 e. The predicted molar refractivity (Wildman–Crippen MR) is 196 cm³/mol. The molecule has 6 rings (SSSR count). The summed E-state index contributed by atoms with van der Waals surface area (Å²) in [5.74, 6) is 0.00177. The molecule has 0 aromatic carbocycles. The van der Waals surface area contributed by atoms with Gasteiger partial charge in [-0.1, -0.05) is 85.0 Å². The van der Waals surface area contributed by atoms with Gasteiger partial charge in [0.15, 0.2) is 0 Å². The van der Waals surface area contributed by atoms with Crippen molar-refractivity contribution in [2.24, 2.45) is 62.4 Å². The van der Waals surface area contributed by atoms with E-state index in [1.807, 2.05) is 6.92 Å². The molecule has 50 heavy (non-hydrogen) atoms. The molecule has 1 aromatic heterocycles. The molecule has 1 heterocycles. The van der Waals surface area contributed by atoms with E-state index >= 15 is 0 Å². The summed E-state index contributed by atoms with van der Waals surface area (Å²) in [6.45, 7) is 20.8. The van der Waals surface area contributed by atoms with E-state index in [9.17, 15) is 15.0 Å². The summed E-state index contributed by atoms with van der Waals surface area (Å²) in [4.78, 5) is 15.2. The van der Waals surface area contributed by atoms with Crippen LogP contribution in [0.4, 0.5) is 5.95 Å². The lowest BCUT2D eigenvalue weighted by molar-refractivity contribution is -0.219. The number of rotatable bonds is 10. The minimum Gasteiger partial charge on any atom is -0.481 e. The topological polar surface area (TPSA) is 162 Å². The number of allylic oxidation sites excluding steroid dienone is 1. The molecule has 6 N–H and O–H groups in total. The number of aromatic nitrogens is 4. The standard InChI is InChI=1S/C40H68N6O4/c1-10-35(6)30-14-13-27-28(15-18-38(9)31(33(48)49)36(7,25(4)24(2)3)19-20-37(27,38)8)40(30,26(5)47)23-29(46-44-34(41)43-45-46)32(35)50-22-21-39(42)16-11-12-17-39/h15,24-27,29-32,47H,10-14,16-23,42H2,1-9H3,(H2,41,44)(H,48,49)/t25-,26+,27+,29-,30+,31-,32+,35-,36-,37-,38+,40+/m1/s1. The van der Waals surface area contributed by atoms with Crippen molar-refractivity contribution in [1.29, 1.82) is 0 Å². The molecule has 10 nitrogen and oxygen atoms in total. The molecule has 12 atom stereocenters. The number of anilines is 1. The van der Waals surface area contributed by atoms with Gasteiger partial charge in [-0.05, 0) is 122 Å². The summed E-state index contributed by atoms with van der Waals surface area (Å²) in [7, 11) is 0. The first-order valence-electron chi connectivity index (χ1n) is 19.9. The molecule has 0 spiro atoms. The second kappa shape index (κ2) is 12.8. The molecule has 0 aliphatic heterocycles. The number of carboxylic acids is 1. The van der Waals surface area contributed by atoms with Crippen LogP contribution in [-0.4, -0.2) is 60.7 Å². The molecule has 5 aliphatic carbocycles. The molecule has 0 amide bonds. The fourth-order valence-electron chi connectivity index (χ4n) is 13.4. The highest BCUT2D eigenvalue weighted by Gasteiger charge is 2.71. The van der Waals surface area contributed by atoms with Gasteiger partial charge in [0.1, 0.15) is 6.04 Å². The lowest BCUT2D eigenvalue weighted by Crippen LogP contribution is -2.67. The van der Waals surface area contributed by atoms with Crippen molar-refractivity contribution >= 4 is 11.9 Å². The number of carboxylic acid groups (broad SMARTS) is 1. The van der Waals surface area contributed by atoms with E-state index < -0.39 is 28.8 Å². The fourth-order valence-corrected chi connectivity index (χ4v) is 13.4. The SMILES string of the molecule is CC[C@@]1(C)[C@@H](OCCC2(N)CCCC2)[C@H](n2nnc(N)n2)C[C@]2([C@H](C)O)C3=CC[C@@]4(C)[C@H](C(=O)O)[C@@](C)([C@H](C)C(C)C)CC[C@]4(C)[C@H]3CC[C@@H]12. The molecular weight excluding hydrogens is 628 g/mol. The summed E-state index contributed by atoms with van der Waals surface area (Å²) in [5, 5.41) is 36.5. The summed E-state index contributed by atoms with van der Waals surface area (Å²) in [6, 6.07) is -0.290. The highest BCUT2D eigenvalue weighted by atomic mass is 16.5. The van der Waals surface area contributed by atoms with E-state index in [1.54, 1.807) is 4.80 Å². The highest BCUT2D eigenvalue weighted by molar-refractivity contribution is 5.73. The number of fused-ring (bicyclic) bond motifs is 5. The number of aliphatic carboxylic acids is 1. The van der Waals surface area contributed by atoms with Crippen LogP contribution in [0, 0.1) is 56.7 Å². The summed E-state index contributed by atoms with van der Waals surface area (Å²) in [6.07, 6.45) is 12.8. The van der Waals surface area contributed by atoms with Gasteiger partial charge < -0.3 is 26.4 Å². The monoisotopic (exact) mass is 697 g/mol. The maximum Gasteiger partial charge on any atom is 0.307 e. The van der Waals surface area contributed by atoms with E-state index in [1.165, 1.54) is 18.4 Å². The molecule has 0 radical (unpaired) electrons. The molecular formula is C40H68N6O4. The maximum atomic E-state index is 13.5. The van der Waals surface area contributed by atoms with Crippen LogP contribution >= 0.6 is 0 Å². The van der Waals surface area contributed by atoms with Crippen LogP contribution in [-0.2, 0) is 9.53 Å². The summed E-state index contributed by atoms with van der Waals surface area (Å²) >= 11 is 0. The molecule has 0 saturated heterocycles. The van der Waals surface area contributed by atoms with Gasteiger partial charge >= 0.3 is 5.97 Å². The number of ether oxygens (including phenoxy) is 1. The van der Waals surface area contributed by atoms with Gasteiger partial charge in [0.25, 0.3) is 5.95 Å². The lowest BCUT2D eigenvalue weighted by Gasteiger charge is -2.70. The number of aliphatic hydroxyl groups is 1. The molecule has 282 valence electrons. The summed E-state index contributed by atoms with van der Waals surface area (Å²) in [5.41, 5.74) is 12.2. The molecule has 1 aromatic rings. The Morgan fingerprint density at radius 2 is 1.74 bits per heavy atom. The quantitative estimate of drug-likeness (QED) is 0.186. The van der Waals surface area contributed by atoms with Gasteiger partial charge in [-0.15, -0.1) is 5.10 Å². The molecule has 5 aliphatic rings. The zero-order valence-electron chi connectivity index (χ0n) is 32.5. The van der Waals surface area contributed by atoms with Crippen molar-refractivity contribution in [1.82, 2.24) is 20.2 Å². The third-order valence-corrected chi connectivity index (χ3v) is 17.0. The van der Waals surface area contributed by atoms with Crippen LogP contribution in [0.5, 0.6) is 0 Å². The van der Waals surface area contributed by atoms with E-state index in [4.69, 9.17) is 16.2 Å². The van der Waals surface area contributed by atoms with Gasteiger partial charge in [-0.3, -0.25) is 4.79 Å². The number of hydrogen-bond acceptors (Lipinski definition) is 8. The number of nitrogen functional groups attached to an aromatic ring is 1. The van der Waals surface area contributed by atoms with Crippen molar-refractivity contribution in [3.05, 3.63) is 11.6 Å². The van der Waals surface area contributed by atoms with Crippen LogP contribution in [0.1, 0.15) is 145 Å². The number of tetrazole rings is 1. The fraction of sp³-hybridized carbons (Fsp3) is 0.900. The number of nitrogens with two attached hydrogens (primary N) is 2. The second-order valence-corrected chi connectivity index (χ2v) is 19.1. The Bertz CT molecular complexity index is 1450. The van der Waals surface area contributed by atoms with Gasteiger partial charge in [-0.2, -0.15) is 4.80 Å². The Balaban J connectivity index is 1.45. The molecule has 0 bridgehead atoms. The van der Waals surface area contributed by atoms with Crippen molar-refractivity contribution < 1.29 is 19.7 Å². The lowest BCUT2D eigenvalue weighted by atomic mass is 9.34. The van der Waals surface area contributed by atoms with Crippen molar-refractivity contribution in [3.63, 3.8) is 0 Å². The zero-order chi connectivity index (χ0) is 36.7. The maximum absolute atomic E-state index is 13.5. The van der Waals surface area contributed by atoms with Crippen LogP contribution in [0.15, 0.2) is 11.6 Å². The van der Waals surface area contributed by atoms with Crippen molar-refractivity contribution in [3.8, 4) is 0 Å². The summed E-state index contributed by atoms with van der Waals surface area (Å²) < 4.78 is 7.01. The number of nitrogens with zero attached hydrogens (tertiary/aromatic N) is 4. The number of hydrogen-bond donors (Lipinski definition) is 4. The van der Waals surface area contributed by atoms with Gasteiger partial charge in [0, 0.05) is 17.6 Å². The first kappa shape index (κ1) is 37.7. The minimum absolute atomic E-state index is 0.129. The van der Waals surface area contributed by atoms with Crippen LogP contribution in [0.25, 0.3) is 0 Å². The third-order valence-electron chi connectivity index (χ3n) is 17.0. The molecule has 0 unspecified atom stereocenters. The molecule has 10 heteroatoms. The predicted octanol–water partition coefficient (Wildman–Crippen LogP) is 7.19. The van der Waals surface area contributed by atoms with E-state index in [0.29, 0.717) is 25.4 Å². The Hall–Kier alpha value is -2.04. The van der Waals surface area contributed by atoms with E-state index in [-0.39, 0.29) is 57.6 Å². The van der Waals surface area contributed by atoms with Crippen molar-refractivity contribution in [2.45, 2.75) is 163 Å². The Labute approximate surface area is 300 Å². The van der Waals surface area contributed by atoms with Crippen LogP contribution < -0.4 is 11.5 Å². The van der Waals surface area contributed by atoms with Crippen LogP contribution in [0.3, 0.4) is 0 Å². The number of carbonyl (C=O) groups is 1. The average molecular weight is 697 g/mol. The van der Waals surface area contributed by atoms with Gasteiger partial charge in [-0.25, -0.2) is 0 Å². The zero-order valence-corrected chi connectivity index (χ0v) is 32.5. The average Bonchev–Trinajstić information content (AvgIpc) is 3.69. The van der Waals surface area contributed by atoms with Gasteiger partial charge in [0.05, 0.1) is 18.1 Å². The van der Waals surface area contributed by atoms with Crippen LogP contribution in [0.2, 0.25) is 0 Å². The van der Waals surface area contributed by atoms with E-state index in [0.717, 1.165) is 51.4 Å². The Morgan fingerprint density at radius 3 is 2.30 bits per heavy atom. The highest BCUT2D eigenvalue weighted by Crippen LogP contribution is 2.75. The second-order valence-electron chi connectivity index (χ2n) is 19.1.